The standard InChI is InChI=1S/C16H19Cl2N/c1-2-12-5-4-8-16(9-12,11-19)10-13-14(17)6-3-7-15(13)18/h3,6-7,12H,2,4-5,8-10H2,1H3. The highest BCUT2D eigenvalue weighted by molar-refractivity contribution is 6.36. The van der Waals surface area contributed by atoms with Gasteiger partial charge in [-0.3, -0.25) is 0 Å². The van der Waals surface area contributed by atoms with Gasteiger partial charge >= 0.3 is 0 Å². The summed E-state index contributed by atoms with van der Waals surface area (Å²) in [6.07, 6.45) is 6.14. The molecule has 1 aromatic rings. The largest absolute Gasteiger partial charge is 0.198 e. The molecule has 2 unspecified atom stereocenters. The SMILES string of the molecule is CCC1CCCC(C#N)(Cc2c(Cl)cccc2Cl)C1. The number of nitriles is 1. The Bertz CT molecular complexity index is 472. The molecule has 1 nitrogen and oxygen atoms in total. The molecule has 1 fully saturated rings. The number of hydrogen-bond donors (Lipinski definition) is 0. The monoisotopic (exact) mass is 295 g/mol. The van der Waals surface area contributed by atoms with Gasteiger partial charge in [-0.25, -0.2) is 0 Å². The van der Waals surface area contributed by atoms with E-state index in [1.807, 2.05) is 18.2 Å². The minimum absolute atomic E-state index is 0.284. The summed E-state index contributed by atoms with van der Waals surface area (Å²) < 4.78 is 0. The van der Waals surface area contributed by atoms with Crippen molar-refractivity contribution in [3.63, 3.8) is 0 Å². The molecule has 0 aromatic heterocycles. The molecule has 0 heterocycles. The van der Waals surface area contributed by atoms with E-state index in [1.54, 1.807) is 0 Å². The van der Waals surface area contributed by atoms with Crippen LogP contribution in [0.15, 0.2) is 18.2 Å². The number of hydrogen-bond acceptors (Lipinski definition) is 1. The molecule has 3 heteroatoms. The Morgan fingerprint density at radius 3 is 2.63 bits per heavy atom. The lowest BCUT2D eigenvalue weighted by Gasteiger charge is -2.36. The Labute approximate surface area is 125 Å². The molecule has 0 saturated heterocycles. The first-order chi connectivity index (χ1) is 9.10. The quantitative estimate of drug-likeness (QED) is 0.707. The first-order valence-corrected chi connectivity index (χ1v) is 7.70. The van der Waals surface area contributed by atoms with E-state index in [1.165, 1.54) is 6.42 Å². The Kier molecular flexibility index (Phi) is 4.76. The summed E-state index contributed by atoms with van der Waals surface area (Å²) in [5.74, 6) is 0.662. The number of nitrogens with zero attached hydrogens (tertiary/aromatic N) is 1. The van der Waals surface area contributed by atoms with Crippen LogP contribution in [0.2, 0.25) is 10.0 Å². The van der Waals surface area contributed by atoms with Crippen LogP contribution < -0.4 is 0 Å². The first-order valence-electron chi connectivity index (χ1n) is 6.94. The molecular formula is C16H19Cl2N. The molecule has 0 radical (unpaired) electrons. The van der Waals surface area contributed by atoms with Crippen molar-refractivity contribution >= 4 is 23.2 Å². The van der Waals surface area contributed by atoms with Crippen molar-refractivity contribution in [2.45, 2.75) is 45.4 Å². The lowest BCUT2D eigenvalue weighted by atomic mass is 9.67. The molecule has 102 valence electrons. The van der Waals surface area contributed by atoms with Gasteiger partial charge in [-0.2, -0.15) is 5.26 Å². The molecule has 0 bridgehead atoms. The van der Waals surface area contributed by atoms with Gasteiger partial charge in [0.15, 0.2) is 0 Å². The van der Waals surface area contributed by atoms with Crippen LogP contribution in [0, 0.1) is 22.7 Å². The average Bonchev–Trinajstić information content (AvgIpc) is 2.43. The first kappa shape index (κ1) is 14.7. The molecule has 1 aliphatic rings. The van der Waals surface area contributed by atoms with Crippen molar-refractivity contribution in [1.82, 2.24) is 0 Å². The summed E-state index contributed by atoms with van der Waals surface area (Å²) in [7, 11) is 0. The highest BCUT2D eigenvalue weighted by Crippen LogP contribution is 2.44. The highest BCUT2D eigenvalue weighted by Gasteiger charge is 2.37. The predicted octanol–water partition coefficient (Wildman–Crippen LogP) is 5.65. The van der Waals surface area contributed by atoms with Crippen LogP contribution in [0.3, 0.4) is 0 Å². The van der Waals surface area contributed by atoms with E-state index in [2.05, 4.69) is 13.0 Å². The smallest absolute Gasteiger partial charge is 0.0693 e. The maximum absolute atomic E-state index is 9.66. The zero-order chi connectivity index (χ0) is 13.9. The average molecular weight is 296 g/mol. The van der Waals surface area contributed by atoms with E-state index in [0.29, 0.717) is 22.4 Å². The predicted molar refractivity (Wildman–Crippen MR) is 80.5 cm³/mol. The minimum Gasteiger partial charge on any atom is -0.198 e. The second-order valence-corrected chi connectivity index (χ2v) is 6.45. The zero-order valence-electron chi connectivity index (χ0n) is 11.3. The molecule has 1 aromatic carbocycles. The van der Waals surface area contributed by atoms with Gasteiger partial charge in [0.05, 0.1) is 11.5 Å². The molecule has 0 spiro atoms. The molecule has 1 saturated carbocycles. The maximum Gasteiger partial charge on any atom is 0.0693 e. The lowest BCUT2D eigenvalue weighted by molar-refractivity contribution is 0.194. The van der Waals surface area contributed by atoms with Crippen molar-refractivity contribution in [2.24, 2.45) is 11.3 Å². The van der Waals surface area contributed by atoms with Crippen LogP contribution in [0.5, 0.6) is 0 Å². The Balaban J connectivity index is 2.26. The summed E-state index contributed by atoms with van der Waals surface area (Å²) in [5, 5.41) is 11.0. The summed E-state index contributed by atoms with van der Waals surface area (Å²) >= 11 is 12.5. The van der Waals surface area contributed by atoms with Crippen LogP contribution in [0.4, 0.5) is 0 Å². The van der Waals surface area contributed by atoms with Gasteiger partial charge in [0, 0.05) is 10.0 Å². The van der Waals surface area contributed by atoms with Gasteiger partial charge < -0.3 is 0 Å². The summed E-state index contributed by atoms with van der Waals surface area (Å²) in [4.78, 5) is 0. The Morgan fingerprint density at radius 2 is 2.05 bits per heavy atom. The van der Waals surface area contributed by atoms with E-state index in [0.717, 1.165) is 31.2 Å². The number of benzene rings is 1. The number of rotatable bonds is 3. The van der Waals surface area contributed by atoms with Crippen molar-refractivity contribution in [1.29, 1.82) is 5.26 Å². The minimum atomic E-state index is -0.284. The van der Waals surface area contributed by atoms with Crippen molar-refractivity contribution in [3.05, 3.63) is 33.8 Å². The van der Waals surface area contributed by atoms with Gasteiger partial charge in [0.1, 0.15) is 0 Å². The lowest BCUT2D eigenvalue weighted by Crippen LogP contribution is -2.29. The normalized spacial score (nSPS) is 26.9. The van der Waals surface area contributed by atoms with E-state index in [9.17, 15) is 5.26 Å². The molecule has 0 amide bonds. The molecule has 0 N–H and O–H groups in total. The van der Waals surface area contributed by atoms with E-state index < -0.39 is 0 Å². The topological polar surface area (TPSA) is 23.8 Å². The second-order valence-electron chi connectivity index (χ2n) is 5.64. The van der Waals surface area contributed by atoms with E-state index in [-0.39, 0.29) is 5.41 Å². The van der Waals surface area contributed by atoms with E-state index >= 15 is 0 Å². The molecule has 19 heavy (non-hydrogen) atoms. The third-order valence-electron chi connectivity index (χ3n) is 4.34. The molecular weight excluding hydrogens is 277 g/mol. The highest BCUT2D eigenvalue weighted by atomic mass is 35.5. The van der Waals surface area contributed by atoms with Gasteiger partial charge in [-0.15, -0.1) is 0 Å². The fraction of sp³-hybridized carbons (Fsp3) is 0.562. The molecule has 1 aliphatic carbocycles. The van der Waals surface area contributed by atoms with Gasteiger partial charge in [0.2, 0.25) is 0 Å². The third-order valence-corrected chi connectivity index (χ3v) is 5.05. The van der Waals surface area contributed by atoms with Crippen LogP contribution in [-0.2, 0) is 6.42 Å². The summed E-state index contributed by atoms with van der Waals surface area (Å²) in [5.41, 5.74) is 0.650. The van der Waals surface area contributed by atoms with Gasteiger partial charge in [-0.1, -0.05) is 55.5 Å². The fourth-order valence-corrected chi connectivity index (χ4v) is 3.71. The third kappa shape index (κ3) is 3.25. The number of halogens is 2. The van der Waals surface area contributed by atoms with Crippen molar-refractivity contribution < 1.29 is 0 Å². The maximum atomic E-state index is 9.66. The Hall–Kier alpha value is -0.710. The van der Waals surface area contributed by atoms with Crippen molar-refractivity contribution in [3.8, 4) is 6.07 Å². The summed E-state index contributed by atoms with van der Waals surface area (Å²) in [6, 6.07) is 8.13. The second kappa shape index (κ2) is 6.16. The van der Waals surface area contributed by atoms with Gasteiger partial charge in [0.25, 0.3) is 0 Å². The van der Waals surface area contributed by atoms with Crippen LogP contribution in [-0.4, -0.2) is 0 Å². The van der Waals surface area contributed by atoms with Gasteiger partial charge in [-0.05, 0) is 42.9 Å². The molecule has 2 atom stereocenters. The van der Waals surface area contributed by atoms with Crippen LogP contribution in [0.25, 0.3) is 0 Å². The molecule has 2 rings (SSSR count). The van der Waals surface area contributed by atoms with Crippen molar-refractivity contribution in [2.75, 3.05) is 0 Å². The zero-order valence-corrected chi connectivity index (χ0v) is 12.8. The van der Waals surface area contributed by atoms with Crippen LogP contribution in [0.1, 0.15) is 44.6 Å². The summed E-state index contributed by atoms with van der Waals surface area (Å²) in [6.45, 7) is 2.21. The molecule has 0 aliphatic heterocycles. The van der Waals surface area contributed by atoms with Crippen LogP contribution >= 0.6 is 23.2 Å². The van der Waals surface area contributed by atoms with E-state index in [4.69, 9.17) is 23.2 Å². The fourth-order valence-electron chi connectivity index (χ4n) is 3.18. The Morgan fingerprint density at radius 1 is 1.37 bits per heavy atom.